The molecule has 8 atom stereocenters. The van der Waals surface area contributed by atoms with E-state index in [2.05, 4.69) is 6.92 Å². The van der Waals surface area contributed by atoms with Crippen LogP contribution in [0.5, 0.6) is 0 Å². The number of rotatable bonds is 3. The van der Waals surface area contributed by atoms with E-state index in [1.165, 1.54) is 0 Å². The van der Waals surface area contributed by atoms with Crippen molar-refractivity contribution < 1.29 is 19.0 Å². The highest BCUT2D eigenvalue weighted by molar-refractivity contribution is 5.79. The van der Waals surface area contributed by atoms with Crippen molar-refractivity contribution in [1.82, 2.24) is 0 Å². The first-order valence-electron chi connectivity index (χ1n) is 10.6. The molecule has 4 rings (SSSR count). The van der Waals surface area contributed by atoms with Gasteiger partial charge in [-0.25, -0.2) is 4.39 Å². The van der Waals surface area contributed by atoms with E-state index in [9.17, 15) is 9.90 Å². The minimum Gasteiger partial charge on any atom is -0.387 e. The van der Waals surface area contributed by atoms with Gasteiger partial charge in [0, 0.05) is 13.0 Å². The van der Waals surface area contributed by atoms with E-state index in [0.29, 0.717) is 43.5 Å². The lowest BCUT2D eigenvalue weighted by Gasteiger charge is -2.59. The number of ether oxygens (including phenoxy) is 1. The quantitative estimate of drug-likeness (QED) is 0.809. The van der Waals surface area contributed by atoms with Crippen molar-refractivity contribution in [3.8, 4) is 0 Å². The number of ketones is 1. The van der Waals surface area contributed by atoms with Crippen LogP contribution in [0.15, 0.2) is 0 Å². The molecule has 4 fully saturated rings. The van der Waals surface area contributed by atoms with Crippen LogP contribution in [0, 0.1) is 35.0 Å². The SMILES string of the molecule is COC[C@@]1(O)CC[C@]2(F)C3CC[C@]4(C)[C@@H](C(C)=O)CC[C@H]4[C@@H]3CC[C@@H]2C1. The van der Waals surface area contributed by atoms with Gasteiger partial charge in [-0.15, -0.1) is 0 Å². The van der Waals surface area contributed by atoms with Crippen molar-refractivity contribution in [3.05, 3.63) is 0 Å². The molecule has 4 aliphatic rings. The summed E-state index contributed by atoms with van der Waals surface area (Å²) >= 11 is 0. The van der Waals surface area contributed by atoms with Gasteiger partial charge in [-0.1, -0.05) is 6.92 Å². The monoisotopic (exact) mass is 366 g/mol. The number of hydrogen-bond acceptors (Lipinski definition) is 3. The zero-order valence-corrected chi connectivity index (χ0v) is 16.6. The number of Topliss-reactive ketones (excluding diaryl/α,β-unsaturated/α-hetero) is 1. The minimum absolute atomic E-state index is 0.0352. The Hall–Kier alpha value is -0.480. The Bertz CT molecular complexity index is 580. The molecule has 0 aliphatic heterocycles. The fraction of sp³-hybridized carbons (Fsp3) is 0.955. The third kappa shape index (κ3) is 2.62. The van der Waals surface area contributed by atoms with Crippen LogP contribution in [-0.2, 0) is 9.53 Å². The summed E-state index contributed by atoms with van der Waals surface area (Å²) < 4.78 is 21.6. The summed E-state index contributed by atoms with van der Waals surface area (Å²) in [7, 11) is 1.61. The van der Waals surface area contributed by atoms with Crippen molar-refractivity contribution in [2.75, 3.05) is 13.7 Å². The molecule has 0 aromatic rings. The van der Waals surface area contributed by atoms with E-state index in [1.54, 1.807) is 14.0 Å². The van der Waals surface area contributed by atoms with Crippen LogP contribution in [0.3, 0.4) is 0 Å². The van der Waals surface area contributed by atoms with Crippen molar-refractivity contribution in [1.29, 1.82) is 0 Å². The van der Waals surface area contributed by atoms with Gasteiger partial charge in [0.2, 0.25) is 0 Å². The Morgan fingerprint density at radius 2 is 1.88 bits per heavy atom. The molecule has 0 saturated heterocycles. The molecule has 0 heterocycles. The van der Waals surface area contributed by atoms with Gasteiger partial charge >= 0.3 is 0 Å². The Morgan fingerprint density at radius 1 is 1.12 bits per heavy atom. The summed E-state index contributed by atoms with van der Waals surface area (Å²) in [6, 6.07) is 0. The molecule has 3 nitrogen and oxygen atoms in total. The van der Waals surface area contributed by atoms with E-state index < -0.39 is 11.3 Å². The number of methoxy groups -OCH3 is 1. The number of fused-ring (bicyclic) bond motifs is 5. The normalized spacial score (nSPS) is 53.5. The second-order valence-corrected chi connectivity index (χ2v) is 10.2. The summed E-state index contributed by atoms with van der Waals surface area (Å²) in [5, 5.41) is 10.8. The molecule has 4 saturated carbocycles. The Morgan fingerprint density at radius 3 is 2.58 bits per heavy atom. The maximum atomic E-state index is 16.4. The minimum atomic E-state index is -1.13. The van der Waals surface area contributed by atoms with E-state index in [0.717, 1.165) is 38.5 Å². The van der Waals surface area contributed by atoms with Gasteiger partial charge in [0.05, 0.1) is 12.2 Å². The Balaban J connectivity index is 1.56. The molecule has 0 aromatic carbocycles. The lowest BCUT2D eigenvalue weighted by molar-refractivity contribution is -0.178. The number of hydrogen-bond donors (Lipinski definition) is 1. The van der Waals surface area contributed by atoms with Gasteiger partial charge in [-0.2, -0.15) is 0 Å². The van der Waals surface area contributed by atoms with Crippen LogP contribution in [0.2, 0.25) is 0 Å². The molecule has 1 unspecified atom stereocenters. The number of aliphatic hydroxyl groups is 1. The standard InChI is InChI=1S/C22H35FO3/c1-14(24)17-6-7-18-16-5-4-15-12-21(25,13-26-3)10-11-22(15,23)19(16)8-9-20(17,18)2/h15-19,25H,4-13H2,1-3H3/t15-,16+,17-,18+,19?,20-,21-,22-/m1/s1. The first-order valence-corrected chi connectivity index (χ1v) is 10.6. The maximum absolute atomic E-state index is 16.4. The van der Waals surface area contributed by atoms with Crippen LogP contribution in [0.25, 0.3) is 0 Å². The number of carbonyl (C=O) groups is 1. The van der Waals surface area contributed by atoms with Crippen LogP contribution >= 0.6 is 0 Å². The van der Waals surface area contributed by atoms with Gasteiger partial charge < -0.3 is 9.84 Å². The number of halogens is 1. The summed E-state index contributed by atoms with van der Waals surface area (Å²) in [5.74, 6) is 1.53. The van der Waals surface area contributed by atoms with Gasteiger partial charge in [-0.3, -0.25) is 4.79 Å². The molecular weight excluding hydrogens is 331 g/mol. The van der Waals surface area contributed by atoms with Gasteiger partial charge in [0.25, 0.3) is 0 Å². The first-order chi connectivity index (χ1) is 12.2. The average molecular weight is 367 g/mol. The molecule has 0 radical (unpaired) electrons. The zero-order chi connectivity index (χ0) is 18.7. The van der Waals surface area contributed by atoms with Gasteiger partial charge in [-0.05, 0) is 93.8 Å². The third-order valence-corrected chi connectivity index (χ3v) is 9.08. The molecular formula is C22H35FO3. The van der Waals surface area contributed by atoms with Crippen LogP contribution < -0.4 is 0 Å². The van der Waals surface area contributed by atoms with Crippen molar-refractivity contribution in [2.24, 2.45) is 35.0 Å². The lowest BCUT2D eigenvalue weighted by atomic mass is 9.47. The summed E-state index contributed by atoms with van der Waals surface area (Å²) in [4.78, 5) is 12.2. The predicted octanol–water partition coefficient (Wildman–Crippen LogP) is 4.31. The predicted molar refractivity (Wildman–Crippen MR) is 98.5 cm³/mol. The zero-order valence-electron chi connectivity index (χ0n) is 16.6. The molecule has 0 amide bonds. The van der Waals surface area contributed by atoms with Crippen molar-refractivity contribution in [3.63, 3.8) is 0 Å². The second-order valence-electron chi connectivity index (χ2n) is 10.2. The first kappa shape index (κ1) is 18.9. The highest BCUT2D eigenvalue weighted by Crippen LogP contribution is 2.66. The highest BCUT2D eigenvalue weighted by atomic mass is 19.1. The van der Waals surface area contributed by atoms with Crippen LogP contribution in [0.1, 0.15) is 71.6 Å². The smallest absolute Gasteiger partial charge is 0.133 e. The lowest BCUT2D eigenvalue weighted by Crippen LogP contribution is -2.59. The topological polar surface area (TPSA) is 46.5 Å². The van der Waals surface area contributed by atoms with E-state index >= 15 is 4.39 Å². The Labute approximate surface area is 157 Å². The van der Waals surface area contributed by atoms with Gasteiger partial charge in [0.1, 0.15) is 11.5 Å². The molecule has 1 N–H and O–H groups in total. The summed E-state index contributed by atoms with van der Waals surface area (Å²) in [6.07, 6.45) is 7.45. The molecule has 4 heteroatoms. The maximum Gasteiger partial charge on any atom is 0.133 e. The third-order valence-electron chi connectivity index (χ3n) is 9.08. The molecule has 0 bridgehead atoms. The fourth-order valence-electron chi connectivity index (χ4n) is 7.94. The number of carbonyl (C=O) groups excluding carboxylic acids is 1. The average Bonchev–Trinajstić information content (AvgIpc) is 2.93. The molecule has 4 aliphatic carbocycles. The number of alkyl halides is 1. The van der Waals surface area contributed by atoms with Crippen molar-refractivity contribution in [2.45, 2.75) is 82.9 Å². The Kier molecular flexibility index (Phi) is 4.55. The molecule has 0 spiro atoms. The summed E-state index contributed by atoms with van der Waals surface area (Å²) in [6.45, 7) is 4.37. The van der Waals surface area contributed by atoms with Gasteiger partial charge in [0.15, 0.2) is 0 Å². The highest BCUT2D eigenvalue weighted by Gasteiger charge is 2.63. The van der Waals surface area contributed by atoms with Crippen molar-refractivity contribution >= 4 is 5.78 Å². The van der Waals surface area contributed by atoms with E-state index in [1.807, 2.05) is 0 Å². The molecule has 26 heavy (non-hydrogen) atoms. The molecule has 148 valence electrons. The fourth-order valence-corrected chi connectivity index (χ4v) is 7.94. The van der Waals surface area contributed by atoms with E-state index in [-0.39, 0.29) is 23.2 Å². The van der Waals surface area contributed by atoms with Crippen LogP contribution in [-0.4, -0.2) is 35.9 Å². The summed E-state index contributed by atoms with van der Waals surface area (Å²) in [5.41, 5.74) is -1.89. The van der Waals surface area contributed by atoms with Crippen LogP contribution in [0.4, 0.5) is 4.39 Å². The largest absolute Gasteiger partial charge is 0.387 e. The molecule has 0 aromatic heterocycles. The second kappa shape index (κ2) is 6.27. The van der Waals surface area contributed by atoms with E-state index in [4.69, 9.17) is 4.74 Å².